The third-order valence-corrected chi connectivity index (χ3v) is 2.95. The summed E-state index contributed by atoms with van der Waals surface area (Å²) in [6.07, 6.45) is 5.44. The summed E-state index contributed by atoms with van der Waals surface area (Å²) in [5, 5.41) is 3.91. The molecular formula is C12H13ClN4S. The van der Waals surface area contributed by atoms with Crippen LogP contribution in [0.4, 0.5) is 5.69 Å². The Balaban J connectivity index is 2.02. The molecule has 3 N–H and O–H groups in total. The molecular weight excluding hydrogens is 268 g/mol. The first kappa shape index (κ1) is 12.9. The molecule has 0 aliphatic rings. The maximum atomic E-state index is 5.92. The van der Waals surface area contributed by atoms with Crippen LogP contribution in [0.1, 0.15) is 5.56 Å². The Labute approximate surface area is 116 Å². The number of anilines is 1. The van der Waals surface area contributed by atoms with Gasteiger partial charge in [-0.25, -0.2) is 4.98 Å². The maximum absolute atomic E-state index is 5.92. The summed E-state index contributed by atoms with van der Waals surface area (Å²) in [4.78, 5) is 4.32. The number of thiocarbonyl (C=S) groups is 1. The van der Waals surface area contributed by atoms with Crippen LogP contribution in [-0.2, 0) is 6.54 Å². The molecule has 6 heteroatoms. The molecule has 94 valence electrons. The number of hydrogen-bond donors (Lipinski definition) is 2. The molecule has 0 saturated carbocycles. The van der Waals surface area contributed by atoms with Gasteiger partial charge in [0.2, 0.25) is 0 Å². The zero-order valence-corrected chi connectivity index (χ0v) is 11.2. The first-order valence-corrected chi connectivity index (χ1v) is 6.24. The average Bonchev–Trinajstić information content (AvgIpc) is 2.84. The van der Waals surface area contributed by atoms with Crippen molar-refractivity contribution in [2.45, 2.75) is 6.54 Å². The predicted molar refractivity (Wildman–Crippen MR) is 78.1 cm³/mol. The van der Waals surface area contributed by atoms with Crippen LogP contribution < -0.4 is 11.1 Å². The van der Waals surface area contributed by atoms with Gasteiger partial charge < -0.3 is 15.6 Å². The fourth-order valence-corrected chi connectivity index (χ4v) is 1.95. The van der Waals surface area contributed by atoms with E-state index >= 15 is 0 Å². The zero-order chi connectivity index (χ0) is 13.0. The van der Waals surface area contributed by atoms with Gasteiger partial charge in [0, 0.05) is 41.8 Å². The molecule has 2 aromatic rings. The predicted octanol–water partition coefficient (Wildman–Crippen LogP) is 2.28. The van der Waals surface area contributed by atoms with Crippen molar-refractivity contribution in [3.63, 3.8) is 0 Å². The molecule has 0 amide bonds. The summed E-state index contributed by atoms with van der Waals surface area (Å²) in [5.41, 5.74) is 7.33. The second kappa shape index (κ2) is 5.84. The van der Waals surface area contributed by atoms with E-state index in [9.17, 15) is 0 Å². The number of nitrogens with two attached hydrogens (primary N) is 1. The summed E-state index contributed by atoms with van der Waals surface area (Å²) in [6.45, 7) is 1.58. The van der Waals surface area contributed by atoms with Crippen LogP contribution in [0, 0.1) is 0 Å². The summed E-state index contributed by atoms with van der Waals surface area (Å²) in [6, 6.07) is 5.46. The van der Waals surface area contributed by atoms with E-state index in [1.807, 2.05) is 22.9 Å². The molecule has 0 radical (unpaired) electrons. The topological polar surface area (TPSA) is 55.9 Å². The number of rotatable bonds is 5. The number of nitrogens with zero attached hydrogens (tertiary/aromatic N) is 2. The second-order valence-corrected chi connectivity index (χ2v) is 4.66. The van der Waals surface area contributed by atoms with Crippen molar-refractivity contribution in [2.75, 3.05) is 11.9 Å². The lowest BCUT2D eigenvalue weighted by molar-refractivity contribution is 0.727. The quantitative estimate of drug-likeness (QED) is 0.825. The van der Waals surface area contributed by atoms with Crippen LogP contribution in [0.3, 0.4) is 0 Å². The Hall–Kier alpha value is -1.59. The van der Waals surface area contributed by atoms with Gasteiger partial charge in [0.15, 0.2) is 0 Å². The molecule has 1 heterocycles. The Bertz CT molecular complexity index is 539. The highest BCUT2D eigenvalue weighted by molar-refractivity contribution is 7.80. The van der Waals surface area contributed by atoms with Crippen molar-refractivity contribution < 1.29 is 0 Å². The molecule has 0 spiro atoms. The highest BCUT2D eigenvalue weighted by Crippen LogP contribution is 2.20. The number of hydrogen-bond acceptors (Lipinski definition) is 3. The minimum atomic E-state index is 0.336. The summed E-state index contributed by atoms with van der Waals surface area (Å²) < 4.78 is 1.99. The highest BCUT2D eigenvalue weighted by Gasteiger charge is 2.05. The van der Waals surface area contributed by atoms with E-state index in [1.54, 1.807) is 18.6 Å². The molecule has 1 aromatic heterocycles. The smallest absolute Gasteiger partial charge is 0.106 e. The van der Waals surface area contributed by atoms with Gasteiger partial charge in [-0.1, -0.05) is 23.8 Å². The van der Waals surface area contributed by atoms with Crippen LogP contribution in [0.5, 0.6) is 0 Å². The first-order valence-electron chi connectivity index (χ1n) is 5.46. The van der Waals surface area contributed by atoms with Crippen LogP contribution >= 0.6 is 23.8 Å². The van der Waals surface area contributed by atoms with Gasteiger partial charge in [-0.05, 0) is 18.2 Å². The number of halogens is 1. The number of benzene rings is 1. The van der Waals surface area contributed by atoms with E-state index in [4.69, 9.17) is 29.6 Å². The number of aromatic nitrogens is 2. The molecule has 0 saturated heterocycles. The van der Waals surface area contributed by atoms with Gasteiger partial charge in [0.25, 0.3) is 0 Å². The number of nitrogens with one attached hydrogen (secondary N) is 1. The molecule has 0 atom stereocenters. The fourth-order valence-electron chi connectivity index (χ4n) is 1.61. The molecule has 18 heavy (non-hydrogen) atoms. The van der Waals surface area contributed by atoms with Gasteiger partial charge in [-0.3, -0.25) is 0 Å². The Morgan fingerprint density at radius 3 is 3.00 bits per heavy atom. The van der Waals surface area contributed by atoms with Gasteiger partial charge in [-0.15, -0.1) is 0 Å². The number of imidazole rings is 1. The fraction of sp³-hybridized carbons (Fsp3) is 0.167. The van der Waals surface area contributed by atoms with Crippen LogP contribution in [0.25, 0.3) is 0 Å². The van der Waals surface area contributed by atoms with Crippen LogP contribution in [0.15, 0.2) is 36.9 Å². The summed E-state index contributed by atoms with van der Waals surface area (Å²) >= 11 is 10.9. The molecule has 0 bridgehead atoms. The van der Waals surface area contributed by atoms with Crippen LogP contribution in [-0.4, -0.2) is 21.1 Å². The zero-order valence-electron chi connectivity index (χ0n) is 9.64. The largest absolute Gasteiger partial charge is 0.389 e. The Morgan fingerprint density at radius 2 is 2.33 bits per heavy atom. The van der Waals surface area contributed by atoms with E-state index in [0.717, 1.165) is 24.3 Å². The minimum absolute atomic E-state index is 0.336. The minimum Gasteiger partial charge on any atom is -0.389 e. The standard InChI is InChI=1S/C12H13ClN4S/c13-9-1-2-11(10(7-9)12(14)18)16-4-6-17-5-3-15-8-17/h1-3,5,7-8,16H,4,6H2,(H2,14,18). The third-order valence-electron chi connectivity index (χ3n) is 2.49. The highest BCUT2D eigenvalue weighted by atomic mass is 35.5. The lowest BCUT2D eigenvalue weighted by Gasteiger charge is -2.11. The van der Waals surface area contributed by atoms with Crippen LogP contribution in [0.2, 0.25) is 5.02 Å². The lowest BCUT2D eigenvalue weighted by atomic mass is 10.2. The molecule has 0 unspecified atom stereocenters. The van der Waals surface area contributed by atoms with Crippen molar-refractivity contribution in [3.8, 4) is 0 Å². The van der Waals surface area contributed by atoms with Crippen molar-refractivity contribution >= 4 is 34.5 Å². The van der Waals surface area contributed by atoms with Gasteiger partial charge in [0.05, 0.1) is 6.33 Å². The van der Waals surface area contributed by atoms with E-state index in [-0.39, 0.29) is 0 Å². The second-order valence-electron chi connectivity index (χ2n) is 3.78. The molecule has 0 aliphatic heterocycles. The average molecular weight is 281 g/mol. The molecule has 2 rings (SSSR count). The monoisotopic (exact) mass is 280 g/mol. The van der Waals surface area contributed by atoms with Gasteiger partial charge >= 0.3 is 0 Å². The summed E-state index contributed by atoms with van der Waals surface area (Å²) in [7, 11) is 0. The van der Waals surface area contributed by atoms with E-state index in [0.29, 0.717) is 10.0 Å². The van der Waals surface area contributed by atoms with E-state index in [1.165, 1.54) is 0 Å². The normalized spacial score (nSPS) is 10.3. The van der Waals surface area contributed by atoms with Crippen molar-refractivity contribution in [3.05, 3.63) is 47.5 Å². The van der Waals surface area contributed by atoms with E-state index < -0.39 is 0 Å². The van der Waals surface area contributed by atoms with Crippen molar-refractivity contribution in [2.24, 2.45) is 5.73 Å². The van der Waals surface area contributed by atoms with Crippen molar-refractivity contribution in [1.82, 2.24) is 9.55 Å². The third kappa shape index (κ3) is 3.21. The van der Waals surface area contributed by atoms with Gasteiger partial charge in [0.1, 0.15) is 4.99 Å². The Kier molecular flexibility index (Phi) is 4.17. The van der Waals surface area contributed by atoms with Gasteiger partial charge in [-0.2, -0.15) is 0 Å². The molecule has 0 fully saturated rings. The first-order chi connectivity index (χ1) is 8.66. The lowest BCUT2D eigenvalue weighted by Crippen LogP contribution is -2.15. The molecule has 1 aromatic carbocycles. The molecule has 4 nitrogen and oxygen atoms in total. The SMILES string of the molecule is NC(=S)c1cc(Cl)ccc1NCCn1ccnc1. The van der Waals surface area contributed by atoms with Crippen molar-refractivity contribution in [1.29, 1.82) is 0 Å². The molecule has 0 aliphatic carbocycles. The summed E-state index contributed by atoms with van der Waals surface area (Å²) in [5.74, 6) is 0. The van der Waals surface area contributed by atoms with E-state index in [2.05, 4.69) is 10.3 Å². The Morgan fingerprint density at radius 1 is 1.50 bits per heavy atom. The maximum Gasteiger partial charge on any atom is 0.106 e.